The van der Waals surface area contributed by atoms with Crippen molar-refractivity contribution < 1.29 is 25.2 Å². The van der Waals surface area contributed by atoms with Crippen molar-refractivity contribution >= 4 is 61.0 Å². The van der Waals surface area contributed by atoms with Gasteiger partial charge in [-0.3, -0.25) is 13.4 Å². The molecule has 0 N–H and O–H groups in total. The van der Waals surface area contributed by atoms with Gasteiger partial charge in [-0.1, -0.05) is 36.4 Å². The second-order valence-corrected chi connectivity index (χ2v) is 11.2. The first-order valence-corrected chi connectivity index (χ1v) is 14.2. The second kappa shape index (κ2) is 12.5. The van der Waals surface area contributed by atoms with Crippen molar-refractivity contribution in [3.63, 3.8) is 0 Å². The highest BCUT2D eigenvalue weighted by molar-refractivity contribution is 7.86. The van der Waals surface area contributed by atoms with E-state index in [0.29, 0.717) is 0 Å². The Morgan fingerprint density at radius 2 is 1.43 bits per heavy atom. The minimum Gasteiger partial charge on any atom is -0.367 e. The van der Waals surface area contributed by atoms with Gasteiger partial charge in [0.2, 0.25) is 0 Å². The summed E-state index contributed by atoms with van der Waals surface area (Å²) < 4.78 is 54.9. The number of nitrogens with zero attached hydrogens (tertiary/aromatic N) is 2. The Balaban J connectivity index is 0.00000432. The maximum absolute atomic E-state index is 11.3. The quantitative estimate of drug-likeness (QED) is 0.267. The van der Waals surface area contributed by atoms with E-state index in [1.807, 2.05) is 66.4 Å². The molecule has 0 aliphatic rings. The maximum atomic E-state index is 11.3. The molecule has 3 aromatic rings. The average Bonchev–Trinajstić information content (AvgIpc) is 2.75. The molecule has 190 valence electrons. The van der Waals surface area contributed by atoms with Crippen molar-refractivity contribution in [2.24, 2.45) is 4.99 Å². The van der Waals surface area contributed by atoms with Gasteiger partial charge < -0.3 is 4.90 Å². The van der Waals surface area contributed by atoms with Gasteiger partial charge in [0.15, 0.2) is 0 Å². The van der Waals surface area contributed by atoms with Gasteiger partial charge >= 0.3 is 0 Å². The number of aliphatic imine (C=N–C) groups is 1. The van der Waals surface area contributed by atoms with E-state index in [1.54, 1.807) is 6.21 Å². The lowest BCUT2D eigenvalue weighted by Crippen LogP contribution is -2.32. The molecule has 0 aromatic heterocycles. The van der Waals surface area contributed by atoms with Gasteiger partial charge in [0, 0.05) is 25.0 Å². The number of benzene rings is 3. The Labute approximate surface area is 213 Å². The van der Waals surface area contributed by atoms with Crippen LogP contribution in [0.1, 0.15) is 11.1 Å². The number of halogens is 1. The van der Waals surface area contributed by atoms with E-state index in [0.717, 1.165) is 45.8 Å². The second-order valence-electron chi connectivity index (χ2n) is 7.87. The molecular formula is C24H29ClN2O6S2. The first kappa shape index (κ1) is 28.7. The first-order chi connectivity index (χ1) is 16.0. The molecule has 0 unspecified atom stereocenters. The molecule has 0 fully saturated rings. The Morgan fingerprint density at radius 1 is 0.829 bits per heavy atom. The molecule has 3 rings (SSSR count). The van der Waals surface area contributed by atoms with Crippen LogP contribution in [0.2, 0.25) is 0 Å². The molecule has 0 amide bonds. The molecule has 0 bridgehead atoms. The van der Waals surface area contributed by atoms with Crippen molar-refractivity contribution in [3.8, 4) is 0 Å². The molecule has 0 saturated heterocycles. The zero-order chi connectivity index (χ0) is 24.8. The van der Waals surface area contributed by atoms with Gasteiger partial charge in [0.1, 0.15) is 0 Å². The summed E-state index contributed by atoms with van der Waals surface area (Å²) in [5, 5.41) is 2.27. The molecular weight excluding hydrogens is 512 g/mol. The summed E-state index contributed by atoms with van der Waals surface area (Å²) in [6.07, 6.45) is 3.77. The number of hydrogen-bond acceptors (Lipinski definition) is 8. The van der Waals surface area contributed by atoms with Crippen LogP contribution in [0.3, 0.4) is 0 Å². The fourth-order valence-corrected chi connectivity index (χ4v) is 4.12. The highest BCUT2D eigenvalue weighted by Gasteiger charge is 2.12. The topological polar surface area (TPSA) is 102 Å². The van der Waals surface area contributed by atoms with Crippen LogP contribution in [0, 0.1) is 6.92 Å². The van der Waals surface area contributed by atoms with E-state index in [4.69, 9.17) is 8.37 Å². The maximum Gasteiger partial charge on any atom is 0.264 e. The monoisotopic (exact) mass is 540 g/mol. The SMILES string of the molecule is Cc1cc(N(CCOS(C)(=O)=O)CCOS(C)(=O)=O)ccc1C=Nc1ccc2ccccc2c1.Cl. The van der Waals surface area contributed by atoms with Gasteiger partial charge in [-0.2, -0.15) is 16.8 Å². The summed E-state index contributed by atoms with van der Waals surface area (Å²) >= 11 is 0. The van der Waals surface area contributed by atoms with Gasteiger partial charge in [-0.15, -0.1) is 12.4 Å². The third-order valence-corrected chi connectivity index (χ3v) is 6.21. The Kier molecular flexibility index (Phi) is 10.2. The van der Waals surface area contributed by atoms with E-state index >= 15 is 0 Å². The van der Waals surface area contributed by atoms with Gasteiger partial charge in [0.05, 0.1) is 31.4 Å². The van der Waals surface area contributed by atoms with Crippen molar-refractivity contribution in [3.05, 3.63) is 71.8 Å². The Bertz CT molecular complexity index is 1350. The summed E-state index contributed by atoms with van der Waals surface area (Å²) in [5.41, 5.74) is 3.52. The third kappa shape index (κ3) is 9.58. The summed E-state index contributed by atoms with van der Waals surface area (Å²) in [6, 6.07) is 19.8. The normalized spacial score (nSPS) is 12.1. The first-order valence-electron chi connectivity index (χ1n) is 10.6. The van der Waals surface area contributed by atoms with Crippen molar-refractivity contribution in [1.29, 1.82) is 0 Å². The number of aryl methyl sites for hydroxylation is 1. The molecule has 0 saturated carbocycles. The van der Waals surface area contributed by atoms with E-state index in [-0.39, 0.29) is 38.7 Å². The largest absolute Gasteiger partial charge is 0.367 e. The van der Waals surface area contributed by atoms with Crippen LogP contribution < -0.4 is 4.90 Å². The number of hydrogen-bond donors (Lipinski definition) is 0. The molecule has 0 aliphatic heterocycles. The predicted molar refractivity (Wildman–Crippen MR) is 143 cm³/mol. The standard InChI is InChI=1S/C24H28N2O6S2.ClH/c1-19-16-24(26(12-14-31-33(2,27)28)13-15-32-34(3,29)30)11-9-22(19)18-25-23-10-8-20-6-4-5-7-21(20)17-23;/h4-11,16-18H,12-15H2,1-3H3;1H. The van der Waals surface area contributed by atoms with Gasteiger partial charge in [-0.25, -0.2) is 0 Å². The fourth-order valence-electron chi connectivity index (χ4n) is 3.37. The molecule has 11 heteroatoms. The van der Waals surface area contributed by atoms with Crippen molar-refractivity contribution in [2.45, 2.75) is 6.92 Å². The van der Waals surface area contributed by atoms with Crippen molar-refractivity contribution in [2.75, 3.05) is 43.7 Å². The molecule has 0 radical (unpaired) electrons. The zero-order valence-electron chi connectivity index (χ0n) is 19.7. The van der Waals surface area contributed by atoms with Crippen LogP contribution in [-0.4, -0.2) is 61.9 Å². The van der Waals surface area contributed by atoms with E-state index < -0.39 is 20.2 Å². The lowest BCUT2D eigenvalue weighted by Gasteiger charge is -2.25. The van der Waals surface area contributed by atoms with Gasteiger partial charge in [0.25, 0.3) is 20.2 Å². The smallest absolute Gasteiger partial charge is 0.264 e. The average molecular weight is 541 g/mol. The number of rotatable bonds is 11. The number of anilines is 1. The van der Waals surface area contributed by atoms with Crippen LogP contribution >= 0.6 is 12.4 Å². The summed E-state index contributed by atoms with van der Waals surface area (Å²) in [5.74, 6) is 0. The predicted octanol–water partition coefficient (Wildman–Crippen LogP) is 4.08. The highest BCUT2D eigenvalue weighted by Crippen LogP contribution is 2.22. The summed E-state index contributed by atoms with van der Waals surface area (Å²) in [7, 11) is -7.16. The Hall–Kier alpha value is -2.50. The highest BCUT2D eigenvalue weighted by atomic mass is 35.5. The zero-order valence-corrected chi connectivity index (χ0v) is 22.2. The third-order valence-electron chi connectivity index (χ3n) is 5.02. The van der Waals surface area contributed by atoms with Crippen LogP contribution in [0.15, 0.2) is 65.7 Å². The fraction of sp³-hybridized carbons (Fsp3) is 0.292. The molecule has 0 spiro atoms. The van der Waals surface area contributed by atoms with Gasteiger partial charge in [-0.05, 0) is 53.1 Å². The summed E-state index contributed by atoms with van der Waals surface area (Å²) in [6.45, 7) is 2.29. The van der Waals surface area contributed by atoms with E-state index in [1.165, 1.54) is 0 Å². The molecule has 3 aromatic carbocycles. The lowest BCUT2D eigenvalue weighted by molar-refractivity contribution is 0.309. The molecule has 0 aliphatic carbocycles. The van der Waals surface area contributed by atoms with Crippen LogP contribution in [0.4, 0.5) is 11.4 Å². The molecule has 0 heterocycles. The number of fused-ring (bicyclic) bond motifs is 1. The van der Waals surface area contributed by atoms with E-state index in [2.05, 4.69) is 11.1 Å². The molecule has 0 atom stereocenters. The minimum atomic E-state index is -3.58. The van der Waals surface area contributed by atoms with Crippen LogP contribution in [-0.2, 0) is 28.6 Å². The molecule has 8 nitrogen and oxygen atoms in total. The molecule has 35 heavy (non-hydrogen) atoms. The van der Waals surface area contributed by atoms with E-state index in [9.17, 15) is 16.8 Å². The minimum absolute atomic E-state index is 0. The van der Waals surface area contributed by atoms with Crippen molar-refractivity contribution in [1.82, 2.24) is 0 Å². The van der Waals surface area contributed by atoms with Crippen LogP contribution in [0.25, 0.3) is 10.8 Å². The summed E-state index contributed by atoms with van der Waals surface area (Å²) in [4.78, 5) is 6.42. The van der Waals surface area contributed by atoms with Crippen LogP contribution in [0.5, 0.6) is 0 Å². The lowest BCUT2D eigenvalue weighted by atomic mass is 10.1. The Morgan fingerprint density at radius 3 is 2.00 bits per heavy atom.